The number of hydrogen-bond acceptors (Lipinski definition) is 4. The average Bonchev–Trinajstić information content (AvgIpc) is 2.38. The number of methoxy groups -OCH3 is 2. The molecule has 0 aliphatic carbocycles. The van der Waals surface area contributed by atoms with Crippen LogP contribution in [0.5, 0.6) is 17.2 Å². The van der Waals surface area contributed by atoms with Crippen molar-refractivity contribution in [2.24, 2.45) is 11.1 Å². The summed E-state index contributed by atoms with van der Waals surface area (Å²) in [5.74, 6) is 2.00. The second kappa shape index (κ2) is 6.50. The van der Waals surface area contributed by atoms with Gasteiger partial charge in [-0.2, -0.15) is 0 Å². The molecular formula is C14H23NO3. The van der Waals surface area contributed by atoms with E-state index in [0.29, 0.717) is 30.4 Å². The van der Waals surface area contributed by atoms with Gasteiger partial charge in [0, 0.05) is 0 Å². The van der Waals surface area contributed by atoms with E-state index in [4.69, 9.17) is 19.9 Å². The van der Waals surface area contributed by atoms with Gasteiger partial charge in [0.05, 0.1) is 20.8 Å². The summed E-state index contributed by atoms with van der Waals surface area (Å²) in [5, 5.41) is 0. The summed E-state index contributed by atoms with van der Waals surface area (Å²) in [7, 11) is 3.22. The molecular weight excluding hydrogens is 230 g/mol. The number of benzene rings is 1. The monoisotopic (exact) mass is 253 g/mol. The highest BCUT2D eigenvalue weighted by atomic mass is 16.5. The molecule has 0 unspecified atom stereocenters. The number of para-hydroxylation sites is 1. The van der Waals surface area contributed by atoms with Crippen molar-refractivity contribution in [2.45, 2.75) is 20.3 Å². The zero-order valence-electron chi connectivity index (χ0n) is 11.7. The van der Waals surface area contributed by atoms with Crippen molar-refractivity contribution in [1.82, 2.24) is 0 Å². The Morgan fingerprint density at radius 1 is 1.11 bits per heavy atom. The molecule has 0 fully saturated rings. The molecule has 1 rings (SSSR count). The Morgan fingerprint density at radius 3 is 2.33 bits per heavy atom. The van der Waals surface area contributed by atoms with Crippen LogP contribution >= 0.6 is 0 Å². The highest BCUT2D eigenvalue weighted by Crippen LogP contribution is 2.36. The van der Waals surface area contributed by atoms with Crippen LogP contribution in [-0.4, -0.2) is 27.4 Å². The van der Waals surface area contributed by atoms with Crippen molar-refractivity contribution < 1.29 is 14.2 Å². The van der Waals surface area contributed by atoms with Gasteiger partial charge in [0.2, 0.25) is 5.75 Å². The van der Waals surface area contributed by atoms with Crippen molar-refractivity contribution in [2.75, 3.05) is 27.4 Å². The summed E-state index contributed by atoms with van der Waals surface area (Å²) >= 11 is 0. The van der Waals surface area contributed by atoms with E-state index in [2.05, 4.69) is 13.8 Å². The number of rotatable bonds is 7. The van der Waals surface area contributed by atoms with E-state index in [1.807, 2.05) is 18.2 Å². The Hall–Kier alpha value is -1.42. The average molecular weight is 253 g/mol. The second-order valence-corrected chi connectivity index (χ2v) is 4.96. The van der Waals surface area contributed by atoms with E-state index in [-0.39, 0.29) is 5.41 Å². The fourth-order valence-electron chi connectivity index (χ4n) is 1.51. The summed E-state index contributed by atoms with van der Waals surface area (Å²) in [6.07, 6.45) is 0.893. The Kier molecular flexibility index (Phi) is 5.28. The Morgan fingerprint density at radius 2 is 1.78 bits per heavy atom. The zero-order valence-corrected chi connectivity index (χ0v) is 11.7. The fraction of sp³-hybridized carbons (Fsp3) is 0.571. The summed E-state index contributed by atoms with van der Waals surface area (Å²) in [4.78, 5) is 0. The molecule has 0 atom stereocenters. The summed E-state index contributed by atoms with van der Waals surface area (Å²) in [6, 6.07) is 5.59. The molecule has 4 heteroatoms. The smallest absolute Gasteiger partial charge is 0.203 e. The lowest BCUT2D eigenvalue weighted by Gasteiger charge is -2.22. The van der Waals surface area contributed by atoms with Gasteiger partial charge in [-0.15, -0.1) is 0 Å². The van der Waals surface area contributed by atoms with E-state index in [1.165, 1.54) is 0 Å². The van der Waals surface area contributed by atoms with Crippen molar-refractivity contribution in [1.29, 1.82) is 0 Å². The summed E-state index contributed by atoms with van der Waals surface area (Å²) in [6.45, 7) is 5.50. The highest BCUT2D eigenvalue weighted by Gasteiger charge is 2.16. The lowest BCUT2D eigenvalue weighted by atomic mass is 9.90. The molecule has 4 nitrogen and oxygen atoms in total. The first-order valence-corrected chi connectivity index (χ1v) is 6.08. The molecule has 0 heterocycles. The molecule has 0 aliphatic rings. The van der Waals surface area contributed by atoms with Gasteiger partial charge < -0.3 is 19.9 Å². The van der Waals surface area contributed by atoms with E-state index in [0.717, 1.165) is 6.42 Å². The largest absolute Gasteiger partial charge is 0.493 e. The van der Waals surface area contributed by atoms with Crippen LogP contribution in [0.25, 0.3) is 0 Å². The van der Waals surface area contributed by atoms with Crippen molar-refractivity contribution >= 4 is 0 Å². The van der Waals surface area contributed by atoms with Gasteiger partial charge in [0.1, 0.15) is 0 Å². The van der Waals surface area contributed by atoms with E-state index in [9.17, 15) is 0 Å². The molecule has 0 spiro atoms. The number of hydrogen-bond donors (Lipinski definition) is 1. The third-order valence-electron chi connectivity index (χ3n) is 2.96. The predicted molar refractivity (Wildman–Crippen MR) is 72.5 cm³/mol. The predicted octanol–water partition coefficient (Wildman–Crippen LogP) is 2.46. The molecule has 0 saturated carbocycles. The molecule has 2 N–H and O–H groups in total. The standard InChI is InChI=1S/C14H23NO3/c1-14(2,10-15)8-9-18-12-7-5-6-11(16-3)13(12)17-4/h5-7H,8-10,15H2,1-4H3. The summed E-state index contributed by atoms with van der Waals surface area (Å²) < 4.78 is 16.3. The lowest BCUT2D eigenvalue weighted by Crippen LogP contribution is -2.25. The molecule has 102 valence electrons. The van der Waals surface area contributed by atoms with Crippen LogP contribution in [0.15, 0.2) is 18.2 Å². The van der Waals surface area contributed by atoms with Crippen LogP contribution in [0.2, 0.25) is 0 Å². The van der Waals surface area contributed by atoms with E-state index >= 15 is 0 Å². The minimum Gasteiger partial charge on any atom is -0.493 e. The maximum atomic E-state index is 5.75. The van der Waals surface area contributed by atoms with Crippen LogP contribution < -0.4 is 19.9 Å². The topological polar surface area (TPSA) is 53.7 Å². The van der Waals surface area contributed by atoms with Crippen LogP contribution in [0, 0.1) is 5.41 Å². The van der Waals surface area contributed by atoms with Gasteiger partial charge in [0.25, 0.3) is 0 Å². The Bertz CT molecular complexity index is 377. The molecule has 0 amide bonds. The first kappa shape index (κ1) is 14.6. The van der Waals surface area contributed by atoms with Gasteiger partial charge in [-0.05, 0) is 30.5 Å². The fourth-order valence-corrected chi connectivity index (χ4v) is 1.51. The minimum atomic E-state index is 0.0894. The zero-order chi connectivity index (χ0) is 13.6. The third-order valence-corrected chi connectivity index (χ3v) is 2.96. The maximum absolute atomic E-state index is 5.75. The first-order valence-electron chi connectivity index (χ1n) is 6.08. The molecule has 1 aromatic rings. The van der Waals surface area contributed by atoms with Crippen molar-refractivity contribution in [3.8, 4) is 17.2 Å². The summed E-state index contributed by atoms with van der Waals surface area (Å²) in [5.41, 5.74) is 5.78. The van der Waals surface area contributed by atoms with Crippen molar-refractivity contribution in [3.63, 3.8) is 0 Å². The molecule has 18 heavy (non-hydrogen) atoms. The Balaban J connectivity index is 2.67. The SMILES string of the molecule is COc1cccc(OCCC(C)(C)CN)c1OC. The van der Waals surface area contributed by atoms with Gasteiger partial charge in [-0.3, -0.25) is 0 Å². The van der Waals surface area contributed by atoms with E-state index in [1.54, 1.807) is 14.2 Å². The minimum absolute atomic E-state index is 0.0894. The molecule has 0 aliphatic heterocycles. The quantitative estimate of drug-likeness (QED) is 0.811. The van der Waals surface area contributed by atoms with Gasteiger partial charge in [0.15, 0.2) is 11.5 Å². The Labute approximate surface area is 109 Å². The molecule has 1 aromatic carbocycles. The van der Waals surface area contributed by atoms with Gasteiger partial charge in [-0.25, -0.2) is 0 Å². The highest BCUT2D eigenvalue weighted by molar-refractivity contribution is 5.50. The number of nitrogens with two attached hydrogens (primary N) is 1. The second-order valence-electron chi connectivity index (χ2n) is 4.96. The van der Waals surface area contributed by atoms with E-state index < -0.39 is 0 Å². The van der Waals surface area contributed by atoms with Gasteiger partial charge in [-0.1, -0.05) is 19.9 Å². The number of ether oxygens (including phenoxy) is 3. The van der Waals surface area contributed by atoms with Crippen LogP contribution in [0.4, 0.5) is 0 Å². The first-order chi connectivity index (χ1) is 8.54. The molecule has 0 aromatic heterocycles. The van der Waals surface area contributed by atoms with Crippen LogP contribution in [-0.2, 0) is 0 Å². The maximum Gasteiger partial charge on any atom is 0.203 e. The van der Waals surface area contributed by atoms with Crippen LogP contribution in [0.1, 0.15) is 20.3 Å². The van der Waals surface area contributed by atoms with Crippen LogP contribution in [0.3, 0.4) is 0 Å². The molecule has 0 radical (unpaired) electrons. The van der Waals surface area contributed by atoms with Gasteiger partial charge >= 0.3 is 0 Å². The lowest BCUT2D eigenvalue weighted by molar-refractivity contribution is 0.224. The third kappa shape index (κ3) is 3.81. The normalized spacial score (nSPS) is 11.2. The molecule has 0 bridgehead atoms. The van der Waals surface area contributed by atoms with Crippen molar-refractivity contribution in [3.05, 3.63) is 18.2 Å². The molecule has 0 saturated heterocycles.